The van der Waals surface area contributed by atoms with E-state index in [2.05, 4.69) is 34.3 Å². The molecule has 0 radical (unpaired) electrons. The molecule has 0 spiro atoms. The van der Waals surface area contributed by atoms with E-state index in [1.807, 2.05) is 12.1 Å². The van der Waals surface area contributed by atoms with E-state index >= 15 is 0 Å². The molecule has 1 aromatic heterocycles. The third-order valence-corrected chi connectivity index (χ3v) is 9.20. The number of carbonyl (C=O) groups is 1. The van der Waals surface area contributed by atoms with E-state index < -0.39 is 10.0 Å². The lowest BCUT2D eigenvalue weighted by Crippen LogP contribution is -2.43. The van der Waals surface area contributed by atoms with Gasteiger partial charge in [-0.1, -0.05) is 30.7 Å². The summed E-state index contributed by atoms with van der Waals surface area (Å²) in [6.45, 7) is 6.61. The Kier molecular flexibility index (Phi) is 7.63. The maximum atomic E-state index is 13.0. The number of nitrogens with one attached hydrogen (secondary N) is 1. The molecule has 1 amide bonds. The van der Waals surface area contributed by atoms with Crippen molar-refractivity contribution in [2.24, 2.45) is 0 Å². The lowest BCUT2D eigenvalue weighted by molar-refractivity contribution is 0.0951. The molecule has 0 bridgehead atoms. The second-order valence-corrected chi connectivity index (χ2v) is 11.5. The molecule has 2 fully saturated rings. The molecule has 2 aromatic rings. The Morgan fingerprint density at radius 2 is 1.72 bits per heavy atom. The summed E-state index contributed by atoms with van der Waals surface area (Å²) in [5.74, 6) is -0.333. The number of hydrogen-bond acceptors (Lipinski definition) is 6. The molecule has 3 heterocycles. The van der Waals surface area contributed by atoms with Gasteiger partial charge in [-0.25, -0.2) is 8.42 Å². The smallest absolute Gasteiger partial charge is 0.263 e. The van der Waals surface area contributed by atoms with Gasteiger partial charge in [-0.05, 0) is 42.5 Å². The molecule has 0 saturated carbocycles. The molecule has 1 N–H and O–H groups in total. The van der Waals surface area contributed by atoms with Crippen molar-refractivity contribution in [3.05, 3.63) is 51.7 Å². The second kappa shape index (κ2) is 10.4. The first-order chi connectivity index (χ1) is 15.4. The number of thiophene rings is 1. The maximum Gasteiger partial charge on any atom is 0.263 e. The molecule has 9 heteroatoms. The average Bonchev–Trinajstić information content (AvgIpc) is 3.31. The van der Waals surface area contributed by atoms with Gasteiger partial charge in [0.05, 0.1) is 0 Å². The Bertz CT molecular complexity index is 1020. The van der Waals surface area contributed by atoms with E-state index in [1.54, 1.807) is 11.4 Å². The molecule has 0 aliphatic carbocycles. The minimum absolute atomic E-state index is 0.130. The number of sulfonamides is 1. The first-order valence-corrected chi connectivity index (χ1v) is 13.6. The predicted molar refractivity (Wildman–Crippen MR) is 127 cm³/mol. The quantitative estimate of drug-likeness (QED) is 0.665. The fourth-order valence-electron chi connectivity index (χ4n) is 4.28. The van der Waals surface area contributed by atoms with Gasteiger partial charge in [0.1, 0.15) is 9.77 Å². The molecule has 2 aliphatic heterocycles. The van der Waals surface area contributed by atoms with Crippen LogP contribution in [0.2, 0.25) is 0 Å². The van der Waals surface area contributed by atoms with E-state index in [0.29, 0.717) is 19.6 Å². The zero-order valence-electron chi connectivity index (χ0n) is 18.6. The number of carbonyl (C=O) groups excluding carboxylic acids is 1. The molecular formula is C23H32N4O3S2. The Balaban J connectivity index is 1.38. The number of nitrogens with zero attached hydrogens (tertiary/aromatic N) is 3. The van der Waals surface area contributed by atoms with Gasteiger partial charge in [-0.15, -0.1) is 11.3 Å². The summed E-state index contributed by atoms with van der Waals surface area (Å²) >= 11 is 1.18. The first kappa shape index (κ1) is 23.4. The van der Waals surface area contributed by atoms with Gasteiger partial charge in [0.15, 0.2) is 0 Å². The van der Waals surface area contributed by atoms with Crippen molar-refractivity contribution in [3.8, 4) is 0 Å². The minimum Gasteiger partial charge on any atom is -0.347 e. The number of benzene rings is 1. The maximum absolute atomic E-state index is 13.0. The molecule has 4 rings (SSSR count). The molecule has 32 heavy (non-hydrogen) atoms. The number of amides is 1. The van der Waals surface area contributed by atoms with Crippen LogP contribution in [0, 0.1) is 0 Å². The number of likely N-dealkylation sites (N-methyl/N-ethyl adjacent to an activating group) is 1. The van der Waals surface area contributed by atoms with Crippen LogP contribution in [0.1, 0.15) is 40.1 Å². The highest BCUT2D eigenvalue weighted by atomic mass is 32.2. The van der Waals surface area contributed by atoms with Crippen LogP contribution in [0.15, 0.2) is 40.6 Å². The van der Waals surface area contributed by atoms with Gasteiger partial charge in [0.2, 0.25) is 10.0 Å². The van der Waals surface area contributed by atoms with Crippen molar-refractivity contribution in [1.29, 1.82) is 0 Å². The lowest BCUT2D eigenvalue weighted by Gasteiger charge is -2.32. The van der Waals surface area contributed by atoms with Gasteiger partial charge in [0.25, 0.3) is 5.91 Å². The molecule has 7 nitrogen and oxygen atoms in total. The monoisotopic (exact) mass is 476 g/mol. The number of hydrogen-bond donors (Lipinski definition) is 1. The highest BCUT2D eigenvalue weighted by Crippen LogP contribution is 2.27. The van der Waals surface area contributed by atoms with Crippen LogP contribution in [0.5, 0.6) is 0 Å². The average molecular weight is 477 g/mol. The van der Waals surface area contributed by atoms with Gasteiger partial charge >= 0.3 is 0 Å². The third-order valence-electron chi connectivity index (χ3n) is 6.21. The predicted octanol–water partition coefficient (Wildman–Crippen LogP) is 2.60. The van der Waals surface area contributed by atoms with Gasteiger partial charge in [-0.3, -0.25) is 9.69 Å². The lowest BCUT2D eigenvalue weighted by atomic mass is 10.1. The second-order valence-electron chi connectivity index (χ2n) is 8.66. The fourth-order valence-corrected chi connectivity index (χ4v) is 7.11. The molecule has 2 saturated heterocycles. The fraction of sp³-hybridized carbons (Fsp3) is 0.522. The minimum atomic E-state index is -3.63. The molecule has 0 unspecified atom stereocenters. The van der Waals surface area contributed by atoms with E-state index in [-0.39, 0.29) is 15.7 Å². The van der Waals surface area contributed by atoms with Crippen LogP contribution in [0.25, 0.3) is 0 Å². The number of piperidine rings is 1. The molecule has 0 atom stereocenters. The zero-order chi connectivity index (χ0) is 22.6. The summed E-state index contributed by atoms with van der Waals surface area (Å²) in [4.78, 5) is 18.0. The van der Waals surface area contributed by atoms with Gasteiger partial charge in [0, 0.05) is 52.4 Å². The Morgan fingerprint density at radius 1 is 1.00 bits per heavy atom. The van der Waals surface area contributed by atoms with E-state index in [1.165, 1.54) is 21.2 Å². The summed E-state index contributed by atoms with van der Waals surface area (Å²) in [7, 11) is -1.48. The largest absolute Gasteiger partial charge is 0.347 e. The van der Waals surface area contributed by atoms with Crippen molar-refractivity contribution < 1.29 is 13.2 Å². The summed E-state index contributed by atoms with van der Waals surface area (Å²) in [5, 5.41) is 4.60. The van der Waals surface area contributed by atoms with Gasteiger partial charge in [-0.2, -0.15) is 4.31 Å². The summed E-state index contributed by atoms with van der Waals surface area (Å²) in [6.07, 6.45) is 2.79. The van der Waals surface area contributed by atoms with Crippen LogP contribution in [-0.2, 0) is 23.1 Å². The van der Waals surface area contributed by atoms with Crippen LogP contribution < -0.4 is 5.32 Å². The normalized spacial score (nSPS) is 19.2. The SMILES string of the molecule is CN1CCN(Cc2cccc(CNC(=O)c3sccc3S(=O)(=O)N3CCCCC3)c2)CC1. The highest BCUT2D eigenvalue weighted by Gasteiger charge is 2.30. The standard InChI is InChI=1S/C23H32N4O3S2/c1-25-11-13-26(14-12-25)18-20-7-5-6-19(16-20)17-24-23(28)22-21(8-15-31-22)32(29,30)27-9-3-2-4-10-27/h5-8,15-16H,2-4,9-14,17-18H2,1H3,(H,24,28). The molecule has 174 valence electrons. The molecular weight excluding hydrogens is 444 g/mol. The zero-order valence-corrected chi connectivity index (χ0v) is 20.3. The van der Waals surface area contributed by atoms with E-state index in [9.17, 15) is 13.2 Å². The highest BCUT2D eigenvalue weighted by molar-refractivity contribution is 7.89. The summed E-state index contributed by atoms with van der Waals surface area (Å²) in [6, 6.07) is 9.81. The molecule has 2 aliphatic rings. The number of rotatable bonds is 7. The van der Waals surface area contributed by atoms with Crippen LogP contribution in [0.3, 0.4) is 0 Å². The van der Waals surface area contributed by atoms with Crippen molar-refractivity contribution in [2.45, 2.75) is 37.2 Å². The Morgan fingerprint density at radius 3 is 2.47 bits per heavy atom. The van der Waals surface area contributed by atoms with Crippen molar-refractivity contribution >= 4 is 27.3 Å². The van der Waals surface area contributed by atoms with E-state index in [4.69, 9.17) is 0 Å². The third kappa shape index (κ3) is 5.58. The van der Waals surface area contributed by atoms with Crippen LogP contribution in [-0.4, -0.2) is 74.7 Å². The number of piperazine rings is 1. The van der Waals surface area contributed by atoms with Crippen molar-refractivity contribution in [2.75, 3.05) is 46.3 Å². The van der Waals surface area contributed by atoms with Gasteiger partial charge < -0.3 is 10.2 Å². The van der Waals surface area contributed by atoms with Crippen molar-refractivity contribution in [3.63, 3.8) is 0 Å². The molecule has 1 aromatic carbocycles. The topological polar surface area (TPSA) is 73.0 Å². The van der Waals surface area contributed by atoms with Crippen LogP contribution >= 0.6 is 11.3 Å². The summed E-state index contributed by atoms with van der Waals surface area (Å²) < 4.78 is 27.6. The van der Waals surface area contributed by atoms with Crippen molar-refractivity contribution in [1.82, 2.24) is 19.4 Å². The summed E-state index contributed by atoms with van der Waals surface area (Å²) in [5.41, 5.74) is 2.24. The first-order valence-electron chi connectivity index (χ1n) is 11.3. The van der Waals surface area contributed by atoms with E-state index in [0.717, 1.165) is 57.5 Å². The Hall–Kier alpha value is -1.78. The van der Waals surface area contributed by atoms with Crippen LogP contribution in [0.4, 0.5) is 0 Å². The Labute approximate surface area is 195 Å².